The summed E-state index contributed by atoms with van der Waals surface area (Å²) in [6.07, 6.45) is 6.78. The van der Waals surface area contributed by atoms with Gasteiger partial charge in [0.2, 0.25) is 0 Å². The topological polar surface area (TPSA) is 83.7 Å². The third kappa shape index (κ3) is 4.43. The Morgan fingerprint density at radius 1 is 1.21 bits per heavy atom. The average Bonchev–Trinajstić information content (AvgIpc) is 3.27. The molecule has 4 rings (SSSR count). The third-order valence-electron chi connectivity index (χ3n) is 6.11. The number of likely N-dealkylation sites (tertiary alicyclic amines) is 2. The maximum atomic E-state index is 13.1. The summed E-state index contributed by atoms with van der Waals surface area (Å²) in [7, 11) is 1.64. The number of amides is 1. The van der Waals surface area contributed by atoms with Gasteiger partial charge in [-0.05, 0) is 43.4 Å². The predicted octanol–water partition coefficient (Wildman–Crippen LogP) is 1.48. The van der Waals surface area contributed by atoms with Crippen LogP contribution in [-0.2, 0) is 11.3 Å². The van der Waals surface area contributed by atoms with E-state index in [-0.39, 0.29) is 5.91 Å². The van der Waals surface area contributed by atoms with E-state index in [4.69, 9.17) is 4.74 Å². The minimum Gasteiger partial charge on any atom is -0.497 e. The molecule has 0 spiro atoms. The van der Waals surface area contributed by atoms with Gasteiger partial charge in [0.1, 0.15) is 18.4 Å². The van der Waals surface area contributed by atoms with Crippen molar-refractivity contribution in [3.8, 4) is 5.75 Å². The van der Waals surface area contributed by atoms with E-state index in [0.29, 0.717) is 32.1 Å². The van der Waals surface area contributed by atoms with Crippen molar-refractivity contribution in [1.29, 1.82) is 0 Å². The number of hydrogen-bond acceptors (Lipinski definition) is 6. The highest BCUT2D eigenvalue weighted by Crippen LogP contribution is 2.29. The molecule has 0 bridgehead atoms. The molecule has 2 aliphatic rings. The van der Waals surface area contributed by atoms with Gasteiger partial charge in [-0.15, -0.1) is 10.2 Å². The zero-order chi connectivity index (χ0) is 20.3. The Morgan fingerprint density at radius 3 is 2.69 bits per heavy atom. The van der Waals surface area contributed by atoms with Crippen LogP contribution in [0.3, 0.4) is 0 Å². The molecule has 156 valence electrons. The van der Waals surface area contributed by atoms with Crippen LogP contribution in [0.4, 0.5) is 0 Å². The Balaban J connectivity index is 1.36. The SMILES string of the molecule is COc1cccc(CN2CCCC(O)(CN3CCC(n4cnnc4)CC3)C2=O)c1. The molecular formula is C21H29N5O3. The van der Waals surface area contributed by atoms with E-state index in [1.807, 2.05) is 28.8 Å². The molecule has 2 aliphatic heterocycles. The van der Waals surface area contributed by atoms with Crippen molar-refractivity contribution < 1.29 is 14.6 Å². The number of aliphatic hydroxyl groups is 1. The van der Waals surface area contributed by atoms with Crippen molar-refractivity contribution >= 4 is 5.91 Å². The van der Waals surface area contributed by atoms with E-state index in [2.05, 4.69) is 15.1 Å². The Kier molecular flexibility index (Phi) is 5.82. The molecule has 0 saturated carbocycles. The number of nitrogens with zero attached hydrogens (tertiary/aromatic N) is 5. The lowest BCUT2D eigenvalue weighted by molar-refractivity contribution is -0.160. The fourth-order valence-corrected chi connectivity index (χ4v) is 4.50. The molecule has 0 aliphatic carbocycles. The summed E-state index contributed by atoms with van der Waals surface area (Å²) in [5, 5.41) is 19.0. The molecule has 0 radical (unpaired) electrons. The lowest BCUT2D eigenvalue weighted by Crippen LogP contribution is -2.59. The number of carbonyl (C=O) groups excluding carboxylic acids is 1. The highest BCUT2D eigenvalue weighted by Gasteiger charge is 2.43. The molecule has 29 heavy (non-hydrogen) atoms. The summed E-state index contributed by atoms with van der Waals surface area (Å²) in [4.78, 5) is 17.1. The molecule has 1 aromatic heterocycles. The Hall–Kier alpha value is -2.45. The quantitative estimate of drug-likeness (QED) is 0.792. The number of methoxy groups -OCH3 is 1. The van der Waals surface area contributed by atoms with Gasteiger partial charge in [-0.2, -0.15) is 0 Å². The molecule has 1 aromatic carbocycles. The van der Waals surface area contributed by atoms with E-state index < -0.39 is 5.60 Å². The minimum atomic E-state index is -1.31. The van der Waals surface area contributed by atoms with Gasteiger partial charge in [0, 0.05) is 38.8 Å². The first-order valence-electron chi connectivity index (χ1n) is 10.3. The molecule has 8 nitrogen and oxygen atoms in total. The van der Waals surface area contributed by atoms with E-state index in [0.717, 1.165) is 43.7 Å². The van der Waals surface area contributed by atoms with Crippen molar-refractivity contribution in [3.63, 3.8) is 0 Å². The fraction of sp³-hybridized carbons (Fsp3) is 0.571. The van der Waals surface area contributed by atoms with Crippen LogP contribution in [-0.4, -0.2) is 74.5 Å². The number of benzene rings is 1. The molecule has 2 fully saturated rings. The molecule has 1 unspecified atom stereocenters. The number of aromatic nitrogens is 3. The molecule has 2 saturated heterocycles. The molecule has 2 aromatic rings. The summed E-state index contributed by atoms with van der Waals surface area (Å²) in [5.74, 6) is 0.616. The van der Waals surface area contributed by atoms with Crippen molar-refractivity contribution in [1.82, 2.24) is 24.6 Å². The number of piperidine rings is 2. The largest absolute Gasteiger partial charge is 0.497 e. The van der Waals surface area contributed by atoms with E-state index in [1.54, 1.807) is 24.7 Å². The van der Waals surface area contributed by atoms with Gasteiger partial charge in [0.15, 0.2) is 5.60 Å². The second-order valence-electron chi connectivity index (χ2n) is 8.13. The highest BCUT2D eigenvalue weighted by atomic mass is 16.5. The van der Waals surface area contributed by atoms with Crippen molar-refractivity contribution in [2.75, 3.05) is 33.3 Å². The van der Waals surface area contributed by atoms with Gasteiger partial charge in [-0.25, -0.2) is 0 Å². The molecule has 1 atom stereocenters. The number of β-amino-alcohol motifs (C(OH)–C–C–N with tert-alkyl or cyclic N) is 1. The van der Waals surface area contributed by atoms with E-state index in [9.17, 15) is 9.90 Å². The van der Waals surface area contributed by atoms with Crippen LogP contribution in [0.2, 0.25) is 0 Å². The van der Waals surface area contributed by atoms with Crippen LogP contribution in [0.25, 0.3) is 0 Å². The summed E-state index contributed by atoms with van der Waals surface area (Å²) >= 11 is 0. The van der Waals surface area contributed by atoms with Gasteiger partial charge in [-0.3, -0.25) is 9.69 Å². The van der Waals surface area contributed by atoms with Crippen LogP contribution in [0, 0.1) is 0 Å². The van der Waals surface area contributed by atoms with Crippen molar-refractivity contribution in [2.24, 2.45) is 0 Å². The van der Waals surface area contributed by atoms with Crippen molar-refractivity contribution in [2.45, 2.75) is 43.9 Å². The highest BCUT2D eigenvalue weighted by molar-refractivity contribution is 5.86. The first-order valence-corrected chi connectivity index (χ1v) is 10.3. The van der Waals surface area contributed by atoms with Gasteiger partial charge < -0.3 is 19.3 Å². The Bertz CT molecular complexity index is 819. The van der Waals surface area contributed by atoms with E-state index in [1.165, 1.54) is 0 Å². The molecule has 3 heterocycles. The normalized spacial score (nSPS) is 24.1. The van der Waals surface area contributed by atoms with Crippen LogP contribution in [0.15, 0.2) is 36.9 Å². The molecule has 1 amide bonds. The van der Waals surface area contributed by atoms with Gasteiger partial charge in [0.25, 0.3) is 5.91 Å². The number of ether oxygens (including phenoxy) is 1. The van der Waals surface area contributed by atoms with Crippen molar-refractivity contribution in [3.05, 3.63) is 42.5 Å². The zero-order valence-corrected chi connectivity index (χ0v) is 16.9. The summed E-state index contributed by atoms with van der Waals surface area (Å²) in [6, 6.07) is 8.13. The third-order valence-corrected chi connectivity index (χ3v) is 6.11. The van der Waals surface area contributed by atoms with Crippen LogP contribution >= 0.6 is 0 Å². The average molecular weight is 399 g/mol. The standard InChI is InChI=1S/C21H29N5O3/c1-29-19-5-2-4-17(12-19)13-25-9-3-8-21(28,20(25)27)14-24-10-6-18(7-11-24)26-15-22-23-16-26/h2,4-5,12,15-16,18,28H,3,6-11,13-14H2,1H3. The van der Waals surface area contributed by atoms with Crippen LogP contribution in [0.5, 0.6) is 5.75 Å². The van der Waals surface area contributed by atoms with Gasteiger partial charge in [-0.1, -0.05) is 12.1 Å². The maximum Gasteiger partial charge on any atom is 0.256 e. The Morgan fingerprint density at radius 2 is 1.97 bits per heavy atom. The lowest BCUT2D eigenvalue weighted by atomic mass is 9.90. The van der Waals surface area contributed by atoms with Gasteiger partial charge >= 0.3 is 0 Å². The second-order valence-corrected chi connectivity index (χ2v) is 8.13. The lowest BCUT2D eigenvalue weighted by Gasteiger charge is -2.42. The number of carbonyl (C=O) groups is 1. The minimum absolute atomic E-state index is 0.160. The predicted molar refractivity (Wildman–Crippen MR) is 107 cm³/mol. The maximum absolute atomic E-state index is 13.1. The van der Waals surface area contributed by atoms with Crippen LogP contribution < -0.4 is 4.74 Å². The Labute approximate surface area is 171 Å². The number of rotatable bonds is 6. The molecule has 1 N–H and O–H groups in total. The molecular weight excluding hydrogens is 370 g/mol. The first kappa shape index (κ1) is 19.8. The molecule has 8 heteroatoms. The van der Waals surface area contributed by atoms with E-state index >= 15 is 0 Å². The summed E-state index contributed by atoms with van der Waals surface area (Å²) < 4.78 is 7.33. The van der Waals surface area contributed by atoms with Crippen LogP contribution in [0.1, 0.15) is 37.3 Å². The zero-order valence-electron chi connectivity index (χ0n) is 16.9. The fourth-order valence-electron chi connectivity index (χ4n) is 4.50. The smallest absolute Gasteiger partial charge is 0.256 e. The summed E-state index contributed by atoms with van der Waals surface area (Å²) in [5.41, 5.74) is -0.294. The monoisotopic (exact) mass is 399 g/mol. The van der Waals surface area contributed by atoms with Gasteiger partial charge in [0.05, 0.1) is 7.11 Å². The summed E-state index contributed by atoms with van der Waals surface area (Å²) in [6.45, 7) is 3.28. The number of hydrogen-bond donors (Lipinski definition) is 1. The first-order chi connectivity index (χ1) is 14.1. The second kappa shape index (κ2) is 8.51.